The van der Waals surface area contributed by atoms with Crippen LogP contribution in [0.4, 0.5) is 0 Å². The minimum absolute atomic E-state index is 0.0167. The van der Waals surface area contributed by atoms with Crippen molar-refractivity contribution in [1.82, 2.24) is 20.0 Å². The standard InChI is InChI=1S/C24H32N4O4S/c1-18(23(30)27-12-14-28(15-13-27)24(31)21-5-2-16-32-21)26-10-7-19(8-11-26)22(29)25-9-6-20-4-3-17-33-20/h2-5,16-19H,6-15H2,1H3,(H,25,29). The van der Waals surface area contributed by atoms with E-state index in [0.717, 1.165) is 32.4 Å². The van der Waals surface area contributed by atoms with Crippen molar-refractivity contribution < 1.29 is 18.8 Å². The van der Waals surface area contributed by atoms with E-state index in [0.29, 0.717) is 38.5 Å². The molecule has 0 saturated carbocycles. The molecule has 2 fully saturated rings. The monoisotopic (exact) mass is 472 g/mol. The van der Waals surface area contributed by atoms with Crippen LogP contribution in [0.25, 0.3) is 0 Å². The number of piperazine rings is 1. The van der Waals surface area contributed by atoms with Gasteiger partial charge >= 0.3 is 0 Å². The summed E-state index contributed by atoms with van der Waals surface area (Å²) in [6.07, 6.45) is 3.91. The molecule has 9 heteroatoms. The smallest absolute Gasteiger partial charge is 0.289 e. The highest BCUT2D eigenvalue weighted by molar-refractivity contribution is 7.09. The summed E-state index contributed by atoms with van der Waals surface area (Å²) in [5.74, 6) is 0.446. The molecule has 2 saturated heterocycles. The number of hydrogen-bond acceptors (Lipinski definition) is 6. The molecule has 1 N–H and O–H groups in total. The number of amides is 3. The second-order valence-corrected chi connectivity index (χ2v) is 9.73. The first-order valence-electron chi connectivity index (χ1n) is 11.7. The minimum Gasteiger partial charge on any atom is -0.459 e. The van der Waals surface area contributed by atoms with Crippen molar-refractivity contribution in [2.24, 2.45) is 5.92 Å². The lowest BCUT2D eigenvalue weighted by atomic mass is 9.94. The molecule has 0 bridgehead atoms. The van der Waals surface area contributed by atoms with E-state index in [2.05, 4.69) is 21.7 Å². The highest BCUT2D eigenvalue weighted by Gasteiger charge is 2.33. The molecular formula is C24H32N4O4S. The van der Waals surface area contributed by atoms with E-state index >= 15 is 0 Å². The maximum Gasteiger partial charge on any atom is 0.289 e. The van der Waals surface area contributed by atoms with E-state index in [1.165, 1.54) is 11.1 Å². The molecule has 2 aromatic rings. The van der Waals surface area contributed by atoms with E-state index in [1.807, 2.05) is 17.9 Å². The topological polar surface area (TPSA) is 86.1 Å². The molecule has 2 aromatic heterocycles. The fourth-order valence-corrected chi connectivity index (χ4v) is 5.27. The third-order valence-corrected chi connectivity index (χ3v) is 7.60. The van der Waals surface area contributed by atoms with Crippen molar-refractivity contribution in [3.05, 3.63) is 46.5 Å². The molecular weight excluding hydrogens is 440 g/mol. The van der Waals surface area contributed by atoms with Crippen molar-refractivity contribution >= 4 is 29.1 Å². The number of carbonyl (C=O) groups is 3. The maximum atomic E-state index is 13.1. The summed E-state index contributed by atoms with van der Waals surface area (Å²) in [7, 11) is 0. The first-order chi connectivity index (χ1) is 16.0. The first-order valence-corrected chi connectivity index (χ1v) is 12.6. The quantitative estimate of drug-likeness (QED) is 0.667. The van der Waals surface area contributed by atoms with Crippen molar-refractivity contribution in [3.63, 3.8) is 0 Å². The van der Waals surface area contributed by atoms with Gasteiger partial charge in [-0.2, -0.15) is 0 Å². The van der Waals surface area contributed by atoms with Gasteiger partial charge in [0.1, 0.15) is 0 Å². The van der Waals surface area contributed by atoms with Gasteiger partial charge in [0, 0.05) is 43.5 Å². The lowest BCUT2D eigenvalue weighted by Crippen LogP contribution is -2.56. The van der Waals surface area contributed by atoms with Gasteiger partial charge in [0.2, 0.25) is 11.8 Å². The normalized spacial score (nSPS) is 18.8. The van der Waals surface area contributed by atoms with Gasteiger partial charge in [-0.1, -0.05) is 6.07 Å². The SMILES string of the molecule is CC(C(=O)N1CCN(C(=O)c2ccco2)CC1)N1CCC(C(=O)NCCc2cccs2)CC1. The predicted octanol–water partition coefficient (Wildman–Crippen LogP) is 2.08. The zero-order valence-electron chi connectivity index (χ0n) is 19.1. The molecule has 0 spiro atoms. The van der Waals surface area contributed by atoms with Crippen molar-refractivity contribution in [2.75, 3.05) is 45.8 Å². The molecule has 3 amide bonds. The number of rotatable bonds is 7. The number of nitrogens with one attached hydrogen (secondary N) is 1. The van der Waals surface area contributed by atoms with Crippen LogP contribution in [-0.2, 0) is 16.0 Å². The number of nitrogens with zero attached hydrogens (tertiary/aromatic N) is 3. The Bertz CT molecular complexity index is 914. The summed E-state index contributed by atoms with van der Waals surface area (Å²) in [5, 5.41) is 5.12. The van der Waals surface area contributed by atoms with Gasteiger partial charge in [0.15, 0.2) is 5.76 Å². The lowest BCUT2D eigenvalue weighted by molar-refractivity contribution is -0.138. The van der Waals surface area contributed by atoms with Crippen LogP contribution >= 0.6 is 11.3 Å². The first kappa shape index (κ1) is 23.5. The third kappa shape index (κ3) is 5.83. The molecule has 2 aliphatic heterocycles. The average molecular weight is 473 g/mol. The molecule has 4 rings (SSSR count). The van der Waals surface area contributed by atoms with Gasteiger partial charge in [-0.25, -0.2) is 0 Å². The van der Waals surface area contributed by atoms with Gasteiger partial charge in [-0.05, 0) is 62.9 Å². The van der Waals surface area contributed by atoms with Gasteiger partial charge in [0.25, 0.3) is 5.91 Å². The Kier molecular flexibility index (Phi) is 7.82. The second-order valence-electron chi connectivity index (χ2n) is 8.70. The number of piperidine rings is 1. The molecule has 178 valence electrons. The number of likely N-dealkylation sites (tertiary alicyclic amines) is 1. The molecule has 0 radical (unpaired) electrons. The molecule has 8 nitrogen and oxygen atoms in total. The molecule has 0 aromatic carbocycles. The Morgan fingerprint density at radius 2 is 1.79 bits per heavy atom. The van der Waals surface area contributed by atoms with Gasteiger partial charge in [0.05, 0.1) is 12.3 Å². The van der Waals surface area contributed by atoms with Gasteiger partial charge in [-0.3, -0.25) is 19.3 Å². The summed E-state index contributed by atoms with van der Waals surface area (Å²) in [5.41, 5.74) is 0. The van der Waals surface area contributed by atoms with E-state index in [1.54, 1.807) is 28.4 Å². The van der Waals surface area contributed by atoms with Crippen LogP contribution in [-0.4, -0.2) is 84.3 Å². The zero-order valence-corrected chi connectivity index (χ0v) is 19.9. The molecule has 1 unspecified atom stereocenters. The summed E-state index contributed by atoms with van der Waals surface area (Å²) < 4.78 is 5.20. The van der Waals surface area contributed by atoms with Crippen LogP contribution in [0.3, 0.4) is 0 Å². The van der Waals surface area contributed by atoms with Crippen molar-refractivity contribution in [3.8, 4) is 0 Å². The molecule has 1 atom stereocenters. The minimum atomic E-state index is -0.222. The van der Waals surface area contributed by atoms with E-state index in [9.17, 15) is 14.4 Å². The molecule has 0 aliphatic carbocycles. The largest absolute Gasteiger partial charge is 0.459 e. The van der Waals surface area contributed by atoms with Crippen LogP contribution in [0.1, 0.15) is 35.2 Å². The zero-order chi connectivity index (χ0) is 23.2. The highest BCUT2D eigenvalue weighted by atomic mass is 32.1. The van der Waals surface area contributed by atoms with Gasteiger partial charge in [-0.15, -0.1) is 11.3 Å². The van der Waals surface area contributed by atoms with E-state index in [4.69, 9.17) is 4.42 Å². The Balaban J connectivity index is 1.18. The van der Waals surface area contributed by atoms with E-state index < -0.39 is 0 Å². The Hall–Kier alpha value is -2.65. The summed E-state index contributed by atoms with van der Waals surface area (Å²) in [6, 6.07) is 7.26. The number of carbonyl (C=O) groups excluding carboxylic acids is 3. The van der Waals surface area contributed by atoms with E-state index in [-0.39, 0.29) is 29.7 Å². The highest BCUT2D eigenvalue weighted by Crippen LogP contribution is 2.21. The van der Waals surface area contributed by atoms with Crippen molar-refractivity contribution in [2.45, 2.75) is 32.2 Å². The summed E-state index contributed by atoms with van der Waals surface area (Å²) >= 11 is 1.71. The fraction of sp³-hybridized carbons (Fsp3) is 0.542. The third-order valence-electron chi connectivity index (χ3n) is 6.67. The Labute approximate surface area is 198 Å². The number of thiophene rings is 1. The van der Waals surface area contributed by atoms with Crippen LogP contribution in [0.5, 0.6) is 0 Å². The van der Waals surface area contributed by atoms with Crippen LogP contribution in [0.2, 0.25) is 0 Å². The Morgan fingerprint density at radius 1 is 1.06 bits per heavy atom. The average Bonchev–Trinajstić information content (AvgIpc) is 3.57. The van der Waals surface area contributed by atoms with Crippen LogP contribution in [0, 0.1) is 5.92 Å². The van der Waals surface area contributed by atoms with Crippen LogP contribution in [0.15, 0.2) is 40.3 Å². The second kappa shape index (κ2) is 11.0. The van der Waals surface area contributed by atoms with Gasteiger partial charge < -0.3 is 19.5 Å². The fourth-order valence-electron chi connectivity index (χ4n) is 4.56. The lowest BCUT2D eigenvalue weighted by Gasteiger charge is -2.39. The Morgan fingerprint density at radius 3 is 2.42 bits per heavy atom. The van der Waals surface area contributed by atoms with Crippen LogP contribution < -0.4 is 5.32 Å². The molecule has 2 aliphatic rings. The summed E-state index contributed by atoms with van der Waals surface area (Å²) in [6.45, 7) is 6.17. The molecule has 4 heterocycles. The predicted molar refractivity (Wildman–Crippen MR) is 126 cm³/mol. The summed E-state index contributed by atoms with van der Waals surface area (Å²) in [4.78, 5) is 45.0. The number of furan rings is 1. The maximum absolute atomic E-state index is 13.1. The number of hydrogen-bond donors (Lipinski definition) is 1. The van der Waals surface area contributed by atoms with Crippen molar-refractivity contribution in [1.29, 1.82) is 0 Å². The molecule has 33 heavy (non-hydrogen) atoms.